The minimum atomic E-state index is -0.465. The number of benzene rings is 1. The van der Waals surface area contributed by atoms with E-state index in [1.165, 1.54) is 19.4 Å². The van der Waals surface area contributed by atoms with Gasteiger partial charge in [-0.2, -0.15) is 0 Å². The highest BCUT2D eigenvalue weighted by Gasteiger charge is 2.17. The third-order valence-corrected chi connectivity index (χ3v) is 3.55. The van der Waals surface area contributed by atoms with Crippen LogP contribution >= 0.6 is 0 Å². The molecule has 0 fully saturated rings. The highest BCUT2D eigenvalue weighted by Crippen LogP contribution is 2.23. The van der Waals surface area contributed by atoms with Gasteiger partial charge in [-0.05, 0) is 18.2 Å². The molecule has 7 nitrogen and oxygen atoms in total. The maximum absolute atomic E-state index is 12.2. The summed E-state index contributed by atoms with van der Waals surface area (Å²) in [7, 11) is 1.31. The van der Waals surface area contributed by atoms with Crippen molar-refractivity contribution in [1.29, 1.82) is 0 Å². The van der Waals surface area contributed by atoms with Crippen molar-refractivity contribution in [2.75, 3.05) is 12.4 Å². The summed E-state index contributed by atoms with van der Waals surface area (Å²) < 4.78 is 6.43. The number of esters is 1. The van der Waals surface area contributed by atoms with Crippen LogP contribution in [0.3, 0.4) is 0 Å². The van der Waals surface area contributed by atoms with E-state index in [4.69, 9.17) is 4.74 Å². The van der Waals surface area contributed by atoms with Crippen LogP contribution in [0.1, 0.15) is 10.4 Å². The number of carbonyl (C=O) groups excluding carboxylic acids is 2. The normalized spacial score (nSPS) is 10.5. The Morgan fingerprint density at radius 1 is 1.25 bits per heavy atom. The molecule has 0 spiro atoms. The molecule has 122 valence electrons. The molecule has 2 heterocycles. The highest BCUT2D eigenvalue weighted by molar-refractivity contribution is 6.04. The van der Waals surface area contributed by atoms with Gasteiger partial charge in [-0.1, -0.05) is 18.2 Å². The molecule has 7 heteroatoms. The fraction of sp³-hybridized carbons (Fsp3) is 0.118. The number of nitrogens with one attached hydrogen (secondary N) is 1. The molecule has 3 rings (SSSR count). The van der Waals surface area contributed by atoms with E-state index in [1.807, 2.05) is 18.2 Å². The quantitative estimate of drug-likeness (QED) is 0.717. The van der Waals surface area contributed by atoms with Gasteiger partial charge in [-0.3, -0.25) is 4.79 Å². The second-order valence-corrected chi connectivity index (χ2v) is 5.10. The van der Waals surface area contributed by atoms with Gasteiger partial charge in [-0.25, -0.2) is 9.78 Å². The molecule has 0 atom stereocenters. The Balaban J connectivity index is 1.89. The lowest BCUT2D eigenvalue weighted by atomic mass is 10.2. The van der Waals surface area contributed by atoms with Crippen LogP contribution in [-0.2, 0) is 16.1 Å². The van der Waals surface area contributed by atoms with E-state index in [2.05, 4.69) is 10.3 Å². The molecule has 1 amide bonds. The van der Waals surface area contributed by atoms with Crippen molar-refractivity contribution in [3.8, 4) is 5.75 Å². The molecule has 24 heavy (non-hydrogen) atoms. The fourth-order valence-electron chi connectivity index (χ4n) is 2.47. The van der Waals surface area contributed by atoms with Gasteiger partial charge in [0.05, 0.1) is 12.7 Å². The van der Waals surface area contributed by atoms with Crippen LogP contribution in [0.4, 0.5) is 5.82 Å². The zero-order chi connectivity index (χ0) is 17.1. The third kappa shape index (κ3) is 2.91. The molecule has 3 aromatic rings. The summed E-state index contributed by atoms with van der Waals surface area (Å²) >= 11 is 0. The number of pyridine rings is 1. The average molecular weight is 325 g/mol. The van der Waals surface area contributed by atoms with Crippen molar-refractivity contribution < 1.29 is 19.4 Å². The number of amides is 1. The summed E-state index contributed by atoms with van der Waals surface area (Å²) in [5.41, 5.74) is 1.12. The Labute approximate surface area is 137 Å². The second-order valence-electron chi connectivity index (χ2n) is 5.10. The number of nitrogens with zero attached hydrogens (tertiary/aromatic N) is 2. The average Bonchev–Trinajstić information content (AvgIpc) is 2.95. The van der Waals surface area contributed by atoms with Crippen molar-refractivity contribution in [3.05, 3.63) is 54.4 Å². The fourth-order valence-corrected chi connectivity index (χ4v) is 2.47. The van der Waals surface area contributed by atoms with Crippen molar-refractivity contribution in [2.24, 2.45) is 0 Å². The minimum Gasteiger partial charge on any atom is -0.504 e. The van der Waals surface area contributed by atoms with Crippen molar-refractivity contribution in [2.45, 2.75) is 6.54 Å². The summed E-state index contributed by atoms with van der Waals surface area (Å²) in [5, 5.41) is 12.9. The van der Waals surface area contributed by atoms with Gasteiger partial charge in [0.15, 0.2) is 11.6 Å². The molecule has 0 radical (unpaired) electrons. The lowest BCUT2D eigenvalue weighted by Crippen LogP contribution is -2.19. The van der Waals surface area contributed by atoms with Gasteiger partial charge in [0.1, 0.15) is 6.54 Å². The van der Waals surface area contributed by atoms with Crippen LogP contribution in [0.15, 0.2) is 48.8 Å². The van der Waals surface area contributed by atoms with E-state index < -0.39 is 5.97 Å². The number of hydrogen-bond donors (Lipinski definition) is 2. The molecule has 0 aliphatic carbocycles. The van der Waals surface area contributed by atoms with Gasteiger partial charge >= 0.3 is 5.97 Å². The molecule has 2 N–H and O–H groups in total. The smallest absolute Gasteiger partial charge is 0.340 e. The van der Waals surface area contributed by atoms with E-state index >= 15 is 0 Å². The summed E-state index contributed by atoms with van der Waals surface area (Å²) in [6, 6.07) is 10.2. The maximum atomic E-state index is 12.2. The largest absolute Gasteiger partial charge is 0.504 e. The summed E-state index contributed by atoms with van der Waals surface area (Å²) in [5.74, 6) is -0.862. The molecule has 0 aliphatic heterocycles. The number of anilines is 1. The molecule has 0 saturated heterocycles. The summed E-state index contributed by atoms with van der Waals surface area (Å²) in [6.07, 6.45) is 3.05. The van der Waals surface area contributed by atoms with E-state index in [-0.39, 0.29) is 24.0 Å². The number of fused-ring (bicyclic) bond motifs is 1. The van der Waals surface area contributed by atoms with Crippen LogP contribution in [-0.4, -0.2) is 33.6 Å². The first-order valence-corrected chi connectivity index (χ1v) is 7.20. The van der Waals surface area contributed by atoms with Gasteiger partial charge < -0.3 is 19.7 Å². The number of rotatable bonds is 4. The molecule has 0 unspecified atom stereocenters. The summed E-state index contributed by atoms with van der Waals surface area (Å²) in [4.78, 5) is 28.0. The Morgan fingerprint density at radius 3 is 2.79 bits per heavy atom. The maximum Gasteiger partial charge on any atom is 0.340 e. The Morgan fingerprint density at radius 2 is 2.04 bits per heavy atom. The number of carbonyl (C=O) groups is 2. The monoisotopic (exact) mass is 325 g/mol. The topological polar surface area (TPSA) is 93.5 Å². The van der Waals surface area contributed by atoms with E-state index in [9.17, 15) is 14.7 Å². The standard InChI is InChI=1S/C17H15N3O4/c1-24-17(23)12-9-20(13-6-3-2-5-11(12)13)10-15(22)19-16-14(21)7-4-8-18-16/h2-9,21H,10H2,1H3,(H,18,19,22). The number of aromatic hydroxyl groups is 1. The second kappa shape index (κ2) is 6.41. The van der Waals surface area contributed by atoms with Crippen molar-refractivity contribution in [1.82, 2.24) is 9.55 Å². The van der Waals surface area contributed by atoms with Crippen LogP contribution < -0.4 is 5.32 Å². The highest BCUT2D eigenvalue weighted by atomic mass is 16.5. The molecule has 1 aromatic carbocycles. The number of para-hydroxylation sites is 1. The van der Waals surface area contributed by atoms with Crippen LogP contribution in [0, 0.1) is 0 Å². The molecule has 0 bridgehead atoms. The van der Waals surface area contributed by atoms with Gasteiger partial charge in [0, 0.05) is 23.3 Å². The van der Waals surface area contributed by atoms with Crippen LogP contribution in [0.25, 0.3) is 10.9 Å². The Bertz CT molecular complexity index is 917. The number of methoxy groups -OCH3 is 1. The van der Waals surface area contributed by atoms with Gasteiger partial charge in [0.2, 0.25) is 5.91 Å². The van der Waals surface area contributed by atoms with Crippen LogP contribution in [0.5, 0.6) is 5.75 Å². The van der Waals surface area contributed by atoms with E-state index in [0.29, 0.717) is 10.9 Å². The Kier molecular flexibility index (Phi) is 4.15. The van der Waals surface area contributed by atoms with E-state index in [0.717, 1.165) is 5.52 Å². The molecule has 2 aromatic heterocycles. The number of hydrogen-bond acceptors (Lipinski definition) is 5. The number of ether oxygens (including phenoxy) is 1. The first-order chi connectivity index (χ1) is 11.6. The lowest BCUT2D eigenvalue weighted by molar-refractivity contribution is -0.116. The summed E-state index contributed by atoms with van der Waals surface area (Å²) in [6.45, 7) is -0.0342. The zero-order valence-electron chi connectivity index (χ0n) is 12.9. The molecular weight excluding hydrogens is 310 g/mol. The van der Waals surface area contributed by atoms with Crippen molar-refractivity contribution >= 4 is 28.6 Å². The SMILES string of the molecule is COC(=O)c1cn(CC(=O)Nc2ncccc2O)c2ccccc12. The minimum absolute atomic E-state index is 0.0342. The Hall–Kier alpha value is -3.35. The molecule has 0 saturated carbocycles. The number of aromatic nitrogens is 2. The lowest BCUT2D eigenvalue weighted by Gasteiger charge is -2.07. The van der Waals surface area contributed by atoms with E-state index in [1.54, 1.807) is 22.9 Å². The molecule has 0 aliphatic rings. The zero-order valence-corrected chi connectivity index (χ0v) is 12.9. The van der Waals surface area contributed by atoms with Gasteiger partial charge in [0.25, 0.3) is 0 Å². The first kappa shape index (κ1) is 15.5. The predicted octanol–water partition coefficient (Wildman–Crippen LogP) is 2.17. The first-order valence-electron chi connectivity index (χ1n) is 7.20. The molecular formula is C17H15N3O4. The van der Waals surface area contributed by atoms with Gasteiger partial charge in [-0.15, -0.1) is 0 Å². The van der Waals surface area contributed by atoms with Crippen LogP contribution in [0.2, 0.25) is 0 Å². The van der Waals surface area contributed by atoms with Crippen molar-refractivity contribution in [3.63, 3.8) is 0 Å². The third-order valence-electron chi connectivity index (χ3n) is 3.55. The predicted molar refractivity (Wildman–Crippen MR) is 87.8 cm³/mol.